The molecular weight excluding hydrogens is 176 g/mol. The molecule has 1 saturated heterocycles. The highest BCUT2D eigenvalue weighted by atomic mass is 16.1. The van der Waals surface area contributed by atoms with E-state index in [1.54, 1.807) is 6.20 Å². The van der Waals surface area contributed by atoms with Gasteiger partial charge < -0.3 is 10.6 Å². The molecule has 0 aromatic rings. The summed E-state index contributed by atoms with van der Waals surface area (Å²) in [6, 6.07) is 0.341. The molecule has 3 atom stereocenters. The first-order chi connectivity index (χ1) is 6.86. The first kappa shape index (κ1) is 8.00. The van der Waals surface area contributed by atoms with Crippen molar-refractivity contribution in [2.75, 3.05) is 6.54 Å². The van der Waals surface area contributed by atoms with Gasteiger partial charge in [0, 0.05) is 30.3 Å². The van der Waals surface area contributed by atoms with Gasteiger partial charge in [0.2, 0.25) is 0 Å². The topological polar surface area (TPSA) is 41.1 Å². The third-order valence-corrected chi connectivity index (χ3v) is 3.21. The number of rotatable bonds is 0. The third kappa shape index (κ3) is 0.990. The molecule has 3 heteroatoms. The molecule has 3 aliphatic rings. The molecule has 14 heavy (non-hydrogen) atoms. The highest BCUT2D eigenvalue weighted by Crippen LogP contribution is 2.34. The fourth-order valence-corrected chi connectivity index (χ4v) is 2.54. The molecule has 72 valence electrons. The summed E-state index contributed by atoms with van der Waals surface area (Å²) in [7, 11) is 0. The van der Waals surface area contributed by atoms with Crippen molar-refractivity contribution in [2.45, 2.75) is 6.04 Å². The normalized spacial score (nSPS) is 38.7. The summed E-state index contributed by atoms with van der Waals surface area (Å²) in [5.41, 5.74) is 0.914. The van der Waals surface area contributed by atoms with Gasteiger partial charge >= 0.3 is 0 Å². The second-order valence-corrected chi connectivity index (χ2v) is 3.96. The molecule has 0 bridgehead atoms. The lowest BCUT2D eigenvalue weighted by atomic mass is 9.81. The van der Waals surface area contributed by atoms with Gasteiger partial charge in [-0.2, -0.15) is 0 Å². The van der Waals surface area contributed by atoms with Gasteiger partial charge in [-0.3, -0.25) is 4.79 Å². The minimum Gasteiger partial charge on any atom is -0.329 e. The summed E-state index contributed by atoms with van der Waals surface area (Å²) in [6.07, 6.45) is 9.91. The van der Waals surface area contributed by atoms with E-state index < -0.39 is 0 Å². The quantitative estimate of drug-likeness (QED) is 0.575. The zero-order chi connectivity index (χ0) is 9.54. The van der Waals surface area contributed by atoms with Crippen LogP contribution >= 0.6 is 0 Å². The summed E-state index contributed by atoms with van der Waals surface area (Å²) >= 11 is 0. The maximum Gasteiger partial charge on any atom is 0.251 e. The van der Waals surface area contributed by atoms with Crippen molar-refractivity contribution in [3.05, 3.63) is 36.1 Å². The summed E-state index contributed by atoms with van der Waals surface area (Å²) in [5.74, 6) is 0.834. The van der Waals surface area contributed by atoms with E-state index in [0.29, 0.717) is 17.9 Å². The van der Waals surface area contributed by atoms with Crippen molar-refractivity contribution in [2.24, 2.45) is 11.8 Å². The van der Waals surface area contributed by atoms with Crippen LogP contribution in [0, 0.1) is 11.8 Å². The molecule has 3 nitrogen and oxygen atoms in total. The van der Waals surface area contributed by atoms with Crippen molar-refractivity contribution in [1.82, 2.24) is 10.6 Å². The average molecular weight is 188 g/mol. The van der Waals surface area contributed by atoms with Crippen LogP contribution in [-0.4, -0.2) is 18.5 Å². The standard InChI is InChI=1S/C11H12N2O/c14-11-8-2-1-3-9-10(8)7(6-13-9)4-5-12-11/h1-5,7,9-10,13H,6H2,(H,12,14). The maximum absolute atomic E-state index is 11.7. The minimum absolute atomic E-state index is 0.0480. The van der Waals surface area contributed by atoms with Crippen LogP contribution in [0.25, 0.3) is 0 Å². The molecule has 0 aromatic carbocycles. The fourth-order valence-electron chi connectivity index (χ4n) is 2.54. The summed E-state index contributed by atoms with van der Waals surface area (Å²) in [6.45, 7) is 0.961. The number of hydrogen-bond donors (Lipinski definition) is 2. The van der Waals surface area contributed by atoms with E-state index in [1.165, 1.54) is 0 Å². The van der Waals surface area contributed by atoms with Gasteiger partial charge in [-0.05, 0) is 5.92 Å². The van der Waals surface area contributed by atoms with Gasteiger partial charge in [-0.25, -0.2) is 0 Å². The highest BCUT2D eigenvalue weighted by molar-refractivity contribution is 5.96. The average Bonchev–Trinajstić information content (AvgIpc) is 2.53. The van der Waals surface area contributed by atoms with Gasteiger partial charge in [0.1, 0.15) is 0 Å². The lowest BCUT2D eigenvalue weighted by Gasteiger charge is -2.23. The smallest absolute Gasteiger partial charge is 0.251 e. The van der Waals surface area contributed by atoms with Crippen molar-refractivity contribution >= 4 is 5.91 Å². The number of carbonyl (C=O) groups excluding carboxylic acids is 1. The van der Waals surface area contributed by atoms with Gasteiger partial charge in [-0.15, -0.1) is 0 Å². The van der Waals surface area contributed by atoms with E-state index in [-0.39, 0.29) is 5.91 Å². The Bertz CT molecular complexity index is 367. The Morgan fingerprint density at radius 2 is 2.29 bits per heavy atom. The molecule has 1 amide bonds. The Kier molecular flexibility index (Phi) is 1.61. The van der Waals surface area contributed by atoms with Gasteiger partial charge in [0.25, 0.3) is 5.91 Å². The van der Waals surface area contributed by atoms with Crippen molar-refractivity contribution in [3.8, 4) is 0 Å². The van der Waals surface area contributed by atoms with Gasteiger partial charge in [0.05, 0.1) is 0 Å². The van der Waals surface area contributed by atoms with Gasteiger partial charge in [-0.1, -0.05) is 24.3 Å². The van der Waals surface area contributed by atoms with E-state index in [9.17, 15) is 4.79 Å². The Balaban J connectivity index is 2.08. The van der Waals surface area contributed by atoms with Crippen LogP contribution in [0.15, 0.2) is 36.1 Å². The molecule has 1 fully saturated rings. The molecular formula is C11H12N2O. The first-order valence-electron chi connectivity index (χ1n) is 4.95. The van der Waals surface area contributed by atoms with Gasteiger partial charge in [0.15, 0.2) is 0 Å². The molecule has 2 heterocycles. The second kappa shape index (κ2) is 2.82. The van der Waals surface area contributed by atoms with E-state index in [0.717, 1.165) is 12.1 Å². The molecule has 0 radical (unpaired) electrons. The zero-order valence-electron chi connectivity index (χ0n) is 7.73. The molecule has 1 aliphatic carbocycles. The number of amides is 1. The van der Waals surface area contributed by atoms with E-state index >= 15 is 0 Å². The monoisotopic (exact) mass is 188 g/mol. The molecule has 3 unspecified atom stereocenters. The largest absolute Gasteiger partial charge is 0.329 e. The summed E-state index contributed by atoms with van der Waals surface area (Å²) < 4.78 is 0. The molecule has 0 saturated carbocycles. The number of hydrogen-bond acceptors (Lipinski definition) is 2. The van der Waals surface area contributed by atoms with Crippen LogP contribution in [0.1, 0.15) is 0 Å². The lowest BCUT2D eigenvalue weighted by Crippen LogP contribution is -2.32. The van der Waals surface area contributed by atoms with Crippen LogP contribution in [0.4, 0.5) is 0 Å². The SMILES string of the molecule is O=C1NC=CC2CNC3C=CC=C1C23. The van der Waals surface area contributed by atoms with E-state index in [4.69, 9.17) is 0 Å². The van der Waals surface area contributed by atoms with Crippen LogP contribution in [0.3, 0.4) is 0 Å². The second-order valence-electron chi connectivity index (χ2n) is 3.96. The van der Waals surface area contributed by atoms with E-state index in [1.807, 2.05) is 12.2 Å². The van der Waals surface area contributed by atoms with Crippen molar-refractivity contribution in [1.29, 1.82) is 0 Å². The lowest BCUT2D eigenvalue weighted by molar-refractivity contribution is -0.117. The zero-order valence-corrected chi connectivity index (χ0v) is 7.73. The van der Waals surface area contributed by atoms with Crippen LogP contribution in [0.2, 0.25) is 0 Å². The Hall–Kier alpha value is -1.35. The maximum atomic E-state index is 11.7. The fraction of sp³-hybridized carbons (Fsp3) is 0.364. The van der Waals surface area contributed by atoms with Crippen LogP contribution in [-0.2, 0) is 4.79 Å². The molecule has 0 spiro atoms. The predicted molar refractivity (Wildman–Crippen MR) is 53.3 cm³/mol. The van der Waals surface area contributed by atoms with Crippen molar-refractivity contribution < 1.29 is 4.79 Å². The van der Waals surface area contributed by atoms with E-state index in [2.05, 4.69) is 22.8 Å². The number of allylic oxidation sites excluding steroid dienone is 2. The van der Waals surface area contributed by atoms with Crippen LogP contribution < -0.4 is 10.6 Å². The van der Waals surface area contributed by atoms with Crippen LogP contribution in [0.5, 0.6) is 0 Å². The minimum atomic E-state index is 0.0480. The number of carbonyl (C=O) groups is 1. The Morgan fingerprint density at radius 1 is 1.36 bits per heavy atom. The molecule has 0 aromatic heterocycles. The third-order valence-electron chi connectivity index (χ3n) is 3.21. The molecule has 2 N–H and O–H groups in total. The first-order valence-corrected chi connectivity index (χ1v) is 4.95. The predicted octanol–water partition coefficient (Wildman–Crippen LogP) is 0.330. The van der Waals surface area contributed by atoms with Crippen molar-refractivity contribution in [3.63, 3.8) is 0 Å². The summed E-state index contributed by atoms with van der Waals surface area (Å²) in [4.78, 5) is 11.7. The number of nitrogens with one attached hydrogen (secondary N) is 2. The molecule has 3 rings (SSSR count). The Labute approximate surface area is 82.6 Å². The highest BCUT2D eigenvalue weighted by Gasteiger charge is 2.39. The Morgan fingerprint density at radius 3 is 3.21 bits per heavy atom. The summed E-state index contributed by atoms with van der Waals surface area (Å²) in [5, 5.41) is 6.20. The molecule has 2 aliphatic heterocycles.